The third kappa shape index (κ3) is 1.75. The first-order valence-corrected chi connectivity index (χ1v) is 3.70. The Morgan fingerprint density at radius 1 is 1.64 bits per heavy atom. The zero-order chi connectivity index (χ0) is 8.27. The summed E-state index contributed by atoms with van der Waals surface area (Å²) < 4.78 is 13.0. The first-order chi connectivity index (χ1) is 5.25. The van der Waals surface area contributed by atoms with Crippen molar-refractivity contribution in [1.82, 2.24) is 4.98 Å². The Hall–Kier alpha value is -0.950. The third-order valence-electron chi connectivity index (χ3n) is 1.18. The first-order valence-electron chi connectivity index (χ1n) is 2.90. The van der Waals surface area contributed by atoms with Crippen LogP contribution in [0.1, 0.15) is 5.56 Å². The highest BCUT2D eigenvalue weighted by molar-refractivity contribution is 9.10. The van der Waals surface area contributed by atoms with Crippen LogP contribution in [0, 0.1) is 17.1 Å². The van der Waals surface area contributed by atoms with Crippen molar-refractivity contribution in [2.24, 2.45) is 0 Å². The fraction of sp³-hybridized carbons (Fsp3) is 0.143. The zero-order valence-corrected chi connectivity index (χ0v) is 7.10. The van der Waals surface area contributed by atoms with Gasteiger partial charge < -0.3 is 0 Å². The molecule has 0 atom stereocenters. The van der Waals surface area contributed by atoms with Crippen LogP contribution in [0.3, 0.4) is 0 Å². The number of halogens is 2. The van der Waals surface area contributed by atoms with E-state index in [2.05, 4.69) is 20.9 Å². The summed E-state index contributed by atoms with van der Waals surface area (Å²) >= 11 is 3.02. The van der Waals surface area contributed by atoms with E-state index >= 15 is 0 Å². The molecule has 0 radical (unpaired) electrons. The largest absolute Gasteiger partial charge is 0.261 e. The first kappa shape index (κ1) is 8.15. The van der Waals surface area contributed by atoms with Gasteiger partial charge in [-0.25, -0.2) is 4.39 Å². The summed E-state index contributed by atoms with van der Waals surface area (Å²) in [6, 6.07) is 1.92. The lowest BCUT2D eigenvalue weighted by Crippen LogP contribution is -1.89. The standard InChI is InChI=1S/C7H4BrFN2/c8-7-5(1-2-10)3-11-4-6(7)9/h3-4H,1H2. The molecular formula is C7H4BrFN2. The molecule has 1 rings (SSSR count). The topological polar surface area (TPSA) is 36.7 Å². The van der Waals surface area contributed by atoms with Gasteiger partial charge in [-0.2, -0.15) is 5.26 Å². The van der Waals surface area contributed by atoms with E-state index in [1.165, 1.54) is 6.20 Å². The van der Waals surface area contributed by atoms with Gasteiger partial charge in [-0.15, -0.1) is 0 Å². The van der Waals surface area contributed by atoms with Gasteiger partial charge in [-0.1, -0.05) is 0 Å². The number of nitrogens with zero attached hydrogens (tertiary/aromatic N) is 2. The fourth-order valence-corrected chi connectivity index (χ4v) is 1.01. The zero-order valence-electron chi connectivity index (χ0n) is 5.51. The van der Waals surface area contributed by atoms with Crippen molar-refractivity contribution < 1.29 is 4.39 Å². The maximum Gasteiger partial charge on any atom is 0.155 e. The van der Waals surface area contributed by atoms with Crippen molar-refractivity contribution in [2.75, 3.05) is 0 Å². The summed E-state index contributed by atoms with van der Waals surface area (Å²) in [5.74, 6) is -0.433. The van der Waals surface area contributed by atoms with Gasteiger partial charge in [-0.05, 0) is 15.9 Å². The van der Waals surface area contributed by atoms with Crippen LogP contribution in [0.5, 0.6) is 0 Å². The summed E-state index contributed by atoms with van der Waals surface area (Å²) in [5, 5.41) is 8.31. The molecule has 0 saturated carbocycles. The van der Waals surface area contributed by atoms with Crippen molar-refractivity contribution in [3.63, 3.8) is 0 Å². The number of aromatic nitrogens is 1. The molecule has 0 saturated heterocycles. The monoisotopic (exact) mass is 214 g/mol. The molecule has 1 aromatic heterocycles. The lowest BCUT2D eigenvalue weighted by Gasteiger charge is -1.97. The second-order valence-corrected chi connectivity index (χ2v) is 2.72. The molecule has 0 bridgehead atoms. The second kappa shape index (κ2) is 3.44. The molecule has 0 aliphatic rings. The van der Waals surface area contributed by atoms with Crippen molar-refractivity contribution >= 4 is 15.9 Å². The maximum atomic E-state index is 12.7. The molecule has 2 nitrogen and oxygen atoms in total. The number of pyridine rings is 1. The number of hydrogen-bond donors (Lipinski definition) is 0. The molecular weight excluding hydrogens is 211 g/mol. The van der Waals surface area contributed by atoms with E-state index in [9.17, 15) is 4.39 Å². The summed E-state index contributed by atoms with van der Waals surface area (Å²) in [6.07, 6.45) is 2.74. The Kier molecular flexibility index (Phi) is 2.55. The van der Waals surface area contributed by atoms with E-state index in [0.717, 1.165) is 6.20 Å². The molecule has 4 heteroatoms. The third-order valence-corrected chi connectivity index (χ3v) is 2.07. The van der Waals surface area contributed by atoms with Crippen LogP contribution in [0.4, 0.5) is 4.39 Å². The average molecular weight is 215 g/mol. The molecule has 56 valence electrons. The van der Waals surface area contributed by atoms with Gasteiger partial charge in [0.1, 0.15) is 0 Å². The number of hydrogen-bond acceptors (Lipinski definition) is 2. The summed E-state index contributed by atoms with van der Waals surface area (Å²) in [6.45, 7) is 0. The van der Waals surface area contributed by atoms with Gasteiger partial charge in [0.25, 0.3) is 0 Å². The van der Waals surface area contributed by atoms with Crippen LogP contribution >= 0.6 is 15.9 Å². The van der Waals surface area contributed by atoms with Crippen molar-refractivity contribution in [1.29, 1.82) is 5.26 Å². The number of nitriles is 1. The van der Waals surface area contributed by atoms with E-state index in [1.807, 2.05) is 6.07 Å². The lowest BCUT2D eigenvalue weighted by molar-refractivity contribution is 0.612. The Morgan fingerprint density at radius 2 is 2.36 bits per heavy atom. The Morgan fingerprint density at radius 3 is 3.00 bits per heavy atom. The molecule has 0 unspecified atom stereocenters. The minimum atomic E-state index is -0.433. The lowest BCUT2D eigenvalue weighted by atomic mass is 10.2. The van der Waals surface area contributed by atoms with E-state index in [4.69, 9.17) is 5.26 Å². The molecule has 0 N–H and O–H groups in total. The molecule has 1 aromatic rings. The Labute approximate surface area is 71.8 Å². The van der Waals surface area contributed by atoms with Crippen LogP contribution in [-0.2, 0) is 6.42 Å². The van der Waals surface area contributed by atoms with Crippen molar-refractivity contribution in [2.45, 2.75) is 6.42 Å². The number of rotatable bonds is 1. The molecule has 0 aromatic carbocycles. The molecule has 11 heavy (non-hydrogen) atoms. The minimum absolute atomic E-state index is 0.172. The fourth-order valence-electron chi connectivity index (χ4n) is 0.668. The van der Waals surface area contributed by atoms with Gasteiger partial charge in [0.2, 0.25) is 0 Å². The second-order valence-electron chi connectivity index (χ2n) is 1.93. The smallest absolute Gasteiger partial charge is 0.155 e. The van der Waals surface area contributed by atoms with Crippen LogP contribution in [0.2, 0.25) is 0 Å². The van der Waals surface area contributed by atoms with Crippen LogP contribution in [-0.4, -0.2) is 4.98 Å². The maximum absolute atomic E-state index is 12.7. The Bertz CT molecular complexity index is 306. The highest BCUT2D eigenvalue weighted by Crippen LogP contribution is 2.18. The van der Waals surface area contributed by atoms with Crippen molar-refractivity contribution in [3.8, 4) is 6.07 Å². The van der Waals surface area contributed by atoms with E-state index < -0.39 is 5.82 Å². The average Bonchev–Trinajstić information content (AvgIpc) is 1.99. The predicted molar refractivity (Wildman–Crippen MR) is 41.2 cm³/mol. The molecule has 0 aliphatic carbocycles. The molecule has 1 heterocycles. The van der Waals surface area contributed by atoms with E-state index in [-0.39, 0.29) is 6.42 Å². The van der Waals surface area contributed by atoms with Crippen LogP contribution < -0.4 is 0 Å². The van der Waals surface area contributed by atoms with Crippen LogP contribution in [0.25, 0.3) is 0 Å². The van der Waals surface area contributed by atoms with Gasteiger partial charge in [0, 0.05) is 11.8 Å². The molecule has 0 spiro atoms. The molecule has 0 aliphatic heterocycles. The van der Waals surface area contributed by atoms with Gasteiger partial charge in [-0.3, -0.25) is 4.98 Å². The SMILES string of the molecule is N#CCc1cncc(F)c1Br. The highest BCUT2D eigenvalue weighted by Gasteiger charge is 2.04. The predicted octanol–water partition coefficient (Wildman–Crippen LogP) is 2.05. The normalized spacial score (nSPS) is 9.18. The quantitative estimate of drug-likeness (QED) is 0.718. The molecule has 0 amide bonds. The van der Waals surface area contributed by atoms with Crippen LogP contribution in [0.15, 0.2) is 16.9 Å². The summed E-state index contributed by atoms with van der Waals surface area (Å²) in [4.78, 5) is 3.61. The molecule has 0 fully saturated rings. The Balaban J connectivity index is 3.08. The van der Waals surface area contributed by atoms with E-state index in [0.29, 0.717) is 10.0 Å². The van der Waals surface area contributed by atoms with Gasteiger partial charge >= 0.3 is 0 Å². The summed E-state index contributed by atoms with van der Waals surface area (Å²) in [7, 11) is 0. The highest BCUT2D eigenvalue weighted by atomic mass is 79.9. The minimum Gasteiger partial charge on any atom is -0.261 e. The van der Waals surface area contributed by atoms with Gasteiger partial charge in [0.05, 0.1) is 23.2 Å². The van der Waals surface area contributed by atoms with E-state index in [1.54, 1.807) is 0 Å². The van der Waals surface area contributed by atoms with Gasteiger partial charge in [0.15, 0.2) is 5.82 Å². The summed E-state index contributed by atoms with van der Waals surface area (Å²) in [5.41, 5.74) is 0.576. The van der Waals surface area contributed by atoms with Crippen molar-refractivity contribution in [3.05, 3.63) is 28.2 Å².